The lowest BCUT2D eigenvalue weighted by Gasteiger charge is -2.35. The highest BCUT2D eigenvalue weighted by Crippen LogP contribution is 2.34. The molecule has 8 nitrogen and oxygen atoms in total. The van der Waals surface area contributed by atoms with E-state index >= 15 is 0 Å². The van der Waals surface area contributed by atoms with Crippen LogP contribution in [0.5, 0.6) is 0 Å². The van der Waals surface area contributed by atoms with Crippen molar-refractivity contribution >= 4 is 22.1 Å². The van der Waals surface area contributed by atoms with Gasteiger partial charge in [-0.25, -0.2) is 0 Å². The molecule has 166 valence electrons. The van der Waals surface area contributed by atoms with Crippen LogP contribution in [0.4, 0.5) is 5.69 Å². The molecule has 6 rings (SSSR count). The van der Waals surface area contributed by atoms with Gasteiger partial charge in [-0.2, -0.15) is 9.61 Å². The van der Waals surface area contributed by atoms with Crippen LogP contribution in [0.3, 0.4) is 0 Å². The van der Waals surface area contributed by atoms with Crippen LogP contribution in [0.1, 0.15) is 12.7 Å². The number of fused-ring (bicyclic) bond motifs is 3. The Balaban J connectivity index is 1.45. The average Bonchev–Trinajstić information content (AvgIpc) is 3.47. The predicted molar refractivity (Wildman–Crippen MR) is 128 cm³/mol. The highest BCUT2D eigenvalue weighted by molar-refractivity contribution is 5.96. The van der Waals surface area contributed by atoms with Crippen LogP contribution < -0.4 is 4.90 Å². The molecule has 0 saturated carbocycles. The largest absolute Gasteiger partial charge is 0.369 e. The third kappa shape index (κ3) is 3.34. The lowest BCUT2D eigenvalue weighted by Crippen LogP contribution is -2.46. The van der Waals surface area contributed by atoms with Crippen molar-refractivity contribution in [3.63, 3.8) is 0 Å². The van der Waals surface area contributed by atoms with Gasteiger partial charge in [0.1, 0.15) is 11.5 Å². The zero-order chi connectivity index (χ0) is 22.4. The Morgan fingerprint density at radius 3 is 2.58 bits per heavy atom. The number of aromatic nitrogens is 5. The first-order chi connectivity index (χ1) is 16.2. The summed E-state index contributed by atoms with van der Waals surface area (Å²) in [6, 6.07) is 16.5. The van der Waals surface area contributed by atoms with E-state index in [-0.39, 0.29) is 0 Å². The predicted octanol–water partition coefficient (Wildman–Crippen LogP) is 4.05. The Bertz CT molecular complexity index is 1430. The van der Waals surface area contributed by atoms with Crippen molar-refractivity contribution < 1.29 is 4.52 Å². The van der Waals surface area contributed by atoms with E-state index in [0.717, 1.165) is 66.0 Å². The normalized spacial score (nSPS) is 15.0. The number of likely N-dealkylation sites (N-methyl/N-ethyl adjacent to an activating group) is 1. The van der Waals surface area contributed by atoms with E-state index in [0.29, 0.717) is 11.6 Å². The number of aryl methyl sites for hydroxylation is 1. The minimum absolute atomic E-state index is 0.631. The Morgan fingerprint density at radius 1 is 0.970 bits per heavy atom. The van der Waals surface area contributed by atoms with Crippen molar-refractivity contribution in [2.24, 2.45) is 0 Å². The summed E-state index contributed by atoms with van der Waals surface area (Å²) in [6.45, 7) is 9.45. The molecule has 0 aliphatic carbocycles. The van der Waals surface area contributed by atoms with E-state index < -0.39 is 0 Å². The van der Waals surface area contributed by atoms with Gasteiger partial charge in [-0.1, -0.05) is 48.5 Å². The average molecular weight is 440 g/mol. The maximum absolute atomic E-state index is 5.56. The van der Waals surface area contributed by atoms with E-state index in [1.807, 2.05) is 43.5 Å². The number of nitrogens with zero attached hydrogens (tertiary/aromatic N) is 7. The molecule has 0 radical (unpaired) electrons. The van der Waals surface area contributed by atoms with Crippen LogP contribution in [0.2, 0.25) is 0 Å². The molecule has 0 spiro atoms. The SMILES string of the molecule is CCN1CCN(c2ccc3cnn4c(-c5c(-c6ccccc6)noc5C)nnc4c3c2)CC1. The summed E-state index contributed by atoms with van der Waals surface area (Å²) < 4.78 is 7.36. The van der Waals surface area contributed by atoms with Crippen molar-refractivity contribution in [3.05, 3.63) is 60.5 Å². The van der Waals surface area contributed by atoms with Crippen molar-refractivity contribution in [3.8, 4) is 22.6 Å². The van der Waals surface area contributed by atoms with E-state index in [1.54, 1.807) is 4.52 Å². The Hall–Kier alpha value is -3.78. The molecular weight excluding hydrogens is 414 g/mol. The molecule has 1 aliphatic rings. The second-order valence-corrected chi connectivity index (χ2v) is 8.42. The summed E-state index contributed by atoms with van der Waals surface area (Å²) in [7, 11) is 0. The topological polar surface area (TPSA) is 75.6 Å². The molecule has 0 bridgehead atoms. The summed E-state index contributed by atoms with van der Waals surface area (Å²) in [5.74, 6) is 1.32. The van der Waals surface area contributed by atoms with Gasteiger partial charge >= 0.3 is 0 Å². The quantitative estimate of drug-likeness (QED) is 0.418. The second kappa shape index (κ2) is 7.97. The van der Waals surface area contributed by atoms with Gasteiger partial charge in [-0.05, 0) is 25.6 Å². The van der Waals surface area contributed by atoms with Gasteiger partial charge in [0.25, 0.3) is 0 Å². The molecule has 1 saturated heterocycles. The minimum atomic E-state index is 0.631. The van der Waals surface area contributed by atoms with Crippen LogP contribution >= 0.6 is 0 Å². The molecule has 8 heteroatoms. The number of anilines is 1. The van der Waals surface area contributed by atoms with Crippen LogP contribution in [0.15, 0.2) is 59.3 Å². The summed E-state index contributed by atoms with van der Waals surface area (Å²) in [6.07, 6.45) is 1.87. The lowest BCUT2D eigenvalue weighted by atomic mass is 10.1. The Labute approximate surface area is 191 Å². The first-order valence-corrected chi connectivity index (χ1v) is 11.4. The number of benzene rings is 2. The Kier molecular flexibility index (Phi) is 4.80. The molecule has 0 atom stereocenters. The summed E-state index contributed by atoms with van der Waals surface area (Å²) in [5.41, 5.74) is 4.47. The third-order valence-electron chi connectivity index (χ3n) is 6.55. The number of hydrogen-bond acceptors (Lipinski definition) is 7. The van der Waals surface area contributed by atoms with Crippen molar-refractivity contribution in [1.29, 1.82) is 0 Å². The summed E-state index contributed by atoms with van der Waals surface area (Å²) >= 11 is 0. The highest BCUT2D eigenvalue weighted by atomic mass is 16.5. The molecule has 0 N–H and O–H groups in total. The van der Waals surface area contributed by atoms with Crippen molar-refractivity contribution in [2.75, 3.05) is 37.6 Å². The Morgan fingerprint density at radius 2 is 1.79 bits per heavy atom. The van der Waals surface area contributed by atoms with Crippen LogP contribution in [-0.2, 0) is 0 Å². The van der Waals surface area contributed by atoms with Gasteiger partial charge < -0.3 is 14.3 Å². The maximum Gasteiger partial charge on any atom is 0.191 e. The van der Waals surface area contributed by atoms with Crippen LogP contribution in [0.25, 0.3) is 39.1 Å². The van der Waals surface area contributed by atoms with Crippen LogP contribution in [-0.4, -0.2) is 62.6 Å². The van der Waals surface area contributed by atoms with Crippen LogP contribution in [0, 0.1) is 6.92 Å². The monoisotopic (exact) mass is 439 g/mol. The zero-order valence-corrected chi connectivity index (χ0v) is 18.8. The van der Waals surface area contributed by atoms with Gasteiger partial charge in [0, 0.05) is 48.2 Å². The number of hydrogen-bond donors (Lipinski definition) is 0. The molecule has 4 heterocycles. The fourth-order valence-corrected chi connectivity index (χ4v) is 4.63. The van der Waals surface area contributed by atoms with E-state index in [1.165, 1.54) is 5.69 Å². The molecule has 2 aromatic carbocycles. The molecule has 3 aromatic heterocycles. The summed E-state index contributed by atoms with van der Waals surface area (Å²) in [5, 5.41) is 20.1. The van der Waals surface area contributed by atoms with Gasteiger partial charge in [-0.15, -0.1) is 10.2 Å². The first kappa shape index (κ1) is 19.9. The first-order valence-electron chi connectivity index (χ1n) is 11.4. The maximum atomic E-state index is 5.56. The second-order valence-electron chi connectivity index (χ2n) is 8.42. The minimum Gasteiger partial charge on any atom is -0.369 e. The van der Waals surface area contributed by atoms with Crippen molar-refractivity contribution in [2.45, 2.75) is 13.8 Å². The van der Waals surface area contributed by atoms with Gasteiger partial charge in [0.15, 0.2) is 11.5 Å². The van der Waals surface area contributed by atoms with E-state index in [9.17, 15) is 0 Å². The molecule has 0 amide bonds. The third-order valence-corrected chi connectivity index (χ3v) is 6.55. The number of rotatable bonds is 4. The van der Waals surface area contributed by atoms with E-state index in [2.05, 4.69) is 55.4 Å². The molecule has 0 unspecified atom stereocenters. The van der Waals surface area contributed by atoms with Gasteiger partial charge in [0.05, 0.1) is 11.8 Å². The van der Waals surface area contributed by atoms with Gasteiger partial charge in [0.2, 0.25) is 0 Å². The zero-order valence-electron chi connectivity index (χ0n) is 18.8. The van der Waals surface area contributed by atoms with E-state index in [4.69, 9.17) is 4.52 Å². The molecule has 1 fully saturated rings. The standard InChI is InChI=1S/C25H25N7O/c1-3-30-11-13-31(14-12-30)20-10-9-19-16-26-32-24(21(19)15-20)27-28-25(32)22-17(2)33-29-23(22)18-7-5-4-6-8-18/h4-10,15-16H,3,11-14H2,1-2H3. The molecule has 1 aliphatic heterocycles. The lowest BCUT2D eigenvalue weighted by molar-refractivity contribution is 0.271. The molecular formula is C25H25N7O. The van der Waals surface area contributed by atoms with Crippen molar-refractivity contribution in [1.82, 2.24) is 29.9 Å². The summed E-state index contributed by atoms with van der Waals surface area (Å²) in [4.78, 5) is 4.92. The van der Waals surface area contributed by atoms with Gasteiger partial charge in [-0.3, -0.25) is 0 Å². The fraction of sp³-hybridized carbons (Fsp3) is 0.280. The fourth-order valence-electron chi connectivity index (χ4n) is 4.63. The molecule has 33 heavy (non-hydrogen) atoms. The molecule has 5 aromatic rings. The smallest absolute Gasteiger partial charge is 0.191 e. The highest BCUT2D eigenvalue weighted by Gasteiger charge is 2.23. The number of piperazine rings is 1.